The molecule has 1 unspecified atom stereocenters. The predicted molar refractivity (Wildman–Crippen MR) is 75.6 cm³/mol. The molecule has 0 radical (unpaired) electrons. The Morgan fingerprint density at radius 3 is 2.50 bits per heavy atom. The summed E-state index contributed by atoms with van der Waals surface area (Å²) in [5.74, 6) is -1.14. The van der Waals surface area contributed by atoms with Crippen molar-refractivity contribution in [3.63, 3.8) is 0 Å². The van der Waals surface area contributed by atoms with Crippen LogP contribution in [0, 0.1) is 5.92 Å². The van der Waals surface area contributed by atoms with Crippen LogP contribution in [0.3, 0.4) is 0 Å². The molecule has 3 rings (SSSR count). The monoisotopic (exact) mass is 310 g/mol. The summed E-state index contributed by atoms with van der Waals surface area (Å²) in [7, 11) is 0. The zero-order valence-electron chi connectivity index (χ0n) is 13.1. The van der Waals surface area contributed by atoms with Gasteiger partial charge >= 0.3 is 11.9 Å². The highest BCUT2D eigenvalue weighted by molar-refractivity contribution is 5.69. The molecule has 0 spiro atoms. The number of hydrogen-bond acceptors (Lipinski definition) is 6. The molecule has 0 saturated carbocycles. The molecule has 0 N–H and O–H groups in total. The van der Waals surface area contributed by atoms with Gasteiger partial charge in [0.05, 0.1) is 11.9 Å². The van der Waals surface area contributed by atoms with E-state index in [0.717, 1.165) is 31.4 Å². The minimum Gasteiger partial charge on any atom is -0.495 e. The fraction of sp³-hybridized carbons (Fsp3) is 0.750. The molecule has 0 amide bonds. The van der Waals surface area contributed by atoms with Crippen molar-refractivity contribution in [3.8, 4) is 0 Å². The summed E-state index contributed by atoms with van der Waals surface area (Å²) in [4.78, 5) is 22.9. The van der Waals surface area contributed by atoms with Crippen molar-refractivity contribution in [2.24, 2.45) is 5.92 Å². The minimum atomic E-state index is -1.31. The van der Waals surface area contributed by atoms with Gasteiger partial charge in [0.25, 0.3) is 5.79 Å². The van der Waals surface area contributed by atoms with E-state index in [1.807, 2.05) is 0 Å². The molecule has 3 aliphatic rings. The first kappa shape index (κ1) is 15.3. The summed E-state index contributed by atoms with van der Waals surface area (Å²) >= 11 is 0. The lowest BCUT2D eigenvalue weighted by molar-refractivity contribution is -0.278. The average Bonchev–Trinajstić information content (AvgIpc) is 2.45. The first-order valence-electron chi connectivity index (χ1n) is 7.84. The number of ether oxygens (including phenoxy) is 4. The van der Waals surface area contributed by atoms with E-state index < -0.39 is 17.7 Å². The van der Waals surface area contributed by atoms with E-state index in [2.05, 4.69) is 0 Å². The second-order valence-corrected chi connectivity index (χ2v) is 6.22. The van der Waals surface area contributed by atoms with Crippen LogP contribution < -0.4 is 0 Å². The third-order valence-corrected chi connectivity index (χ3v) is 4.48. The average molecular weight is 310 g/mol. The van der Waals surface area contributed by atoms with Crippen molar-refractivity contribution in [3.05, 3.63) is 11.3 Å². The van der Waals surface area contributed by atoms with E-state index in [0.29, 0.717) is 13.0 Å². The fourth-order valence-corrected chi connectivity index (χ4v) is 3.72. The Balaban J connectivity index is 1.86. The van der Waals surface area contributed by atoms with Gasteiger partial charge in [-0.2, -0.15) is 0 Å². The normalized spacial score (nSPS) is 29.7. The largest absolute Gasteiger partial charge is 0.495 e. The van der Waals surface area contributed by atoms with Crippen molar-refractivity contribution < 1.29 is 28.5 Å². The molecule has 0 aromatic heterocycles. The van der Waals surface area contributed by atoms with E-state index in [1.165, 1.54) is 19.4 Å². The van der Waals surface area contributed by atoms with E-state index in [9.17, 15) is 9.59 Å². The molecule has 6 nitrogen and oxygen atoms in total. The first-order valence-corrected chi connectivity index (χ1v) is 7.84. The SMILES string of the molecule is CC(=O)OC1(OC(C)=O)CO[C@@H]2COC3=C(CCCC3)C2C1. The van der Waals surface area contributed by atoms with Crippen molar-refractivity contribution in [1.29, 1.82) is 0 Å². The Hall–Kier alpha value is -1.56. The van der Waals surface area contributed by atoms with Crippen molar-refractivity contribution >= 4 is 11.9 Å². The van der Waals surface area contributed by atoms with Gasteiger partial charge in [-0.1, -0.05) is 0 Å². The van der Waals surface area contributed by atoms with E-state index >= 15 is 0 Å². The third-order valence-electron chi connectivity index (χ3n) is 4.48. The zero-order valence-corrected chi connectivity index (χ0v) is 13.1. The van der Waals surface area contributed by atoms with Crippen LogP contribution in [0.25, 0.3) is 0 Å². The van der Waals surface area contributed by atoms with Gasteiger partial charge in [-0.25, -0.2) is 0 Å². The molecule has 0 aromatic carbocycles. The van der Waals surface area contributed by atoms with Crippen molar-refractivity contribution in [2.75, 3.05) is 13.2 Å². The molecule has 1 saturated heterocycles. The Labute approximate surface area is 129 Å². The lowest BCUT2D eigenvalue weighted by Gasteiger charge is -2.46. The Bertz CT molecular complexity index is 493. The first-order chi connectivity index (χ1) is 10.5. The molecule has 6 heteroatoms. The summed E-state index contributed by atoms with van der Waals surface area (Å²) in [5, 5.41) is 0. The molecular formula is C16H22O6. The molecule has 1 aliphatic carbocycles. The Morgan fingerprint density at radius 2 is 1.82 bits per heavy atom. The standard InChI is InChI=1S/C16H22O6/c1-10(17)21-16(22-11(2)18)7-13-12-5-3-4-6-14(12)19-8-15(13)20-9-16/h13,15H,3-9H2,1-2H3/t13?,15-/m1/s1. The number of hydrogen-bond donors (Lipinski definition) is 0. The molecule has 0 bridgehead atoms. The van der Waals surface area contributed by atoms with Gasteiger partial charge in [-0.15, -0.1) is 0 Å². The third kappa shape index (κ3) is 2.97. The van der Waals surface area contributed by atoms with Crippen molar-refractivity contribution in [2.45, 2.75) is 57.8 Å². The number of allylic oxidation sites excluding steroid dienone is 1. The van der Waals surface area contributed by atoms with Gasteiger partial charge in [0.1, 0.15) is 13.2 Å². The number of fused-ring (bicyclic) bond motifs is 2. The summed E-state index contributed by atoms with van der Waals surface area (Å²) in [6.07, 6.45) is 4.56. The lowest BCUT2D eigenvalue weighted by atomic mass is 9.78. The van der Waals surface area contributed by atoms with Crippen LogP contribution >= 0.6 is 0 Å². The number of rotatable bonds is 2. The molecular weight excluding hydrogens is 288 g/mol. The predicted octanol–water partition coefficient (Wildman–Crippen LogP) is 2.07. The van der Waals surface area contributed by atoms with E-state index in [4.69, 9.17) is 18.9 Å². The summed E-state index contributed by atoms with van der Waals surface area (Å²) in [5.41, 5.74) is 1.24. The highest BCUT2D eigenvalue weighted by Crippen LogP contribution is 2.44. The number of esters is 2. The summed E-state index contributed by atoms with van der Waals surface area (Å²) in [6.45, 7) is 3.19. The second-order valence-electron chi connectivity index (χ2n) is 6.22. The Morgan fingerprint density at radius 1 is 1.14 bits per heavy atom. The molecule has 1 fully saturated rings. The van der Waals surface area contributed by atoms with E-state index in [1.54, 1.807) is 0 Å². The van der Waals surface area contributed by atoms with Gasteiger partial charge in [-0.3, -0.25) is 9.59 Å². The van der Waals surface area contributed by atoms with E-state index in [-0.39, 0.29) is 18.6 Å². The molecule has 122 valence electrons. The molecule has 2 heterocycles. The minimum absolute atomic E-state index is 0.0549. The second kappa shape index (κ2) is 5.91. The molecule has 0 aromatic rings. The number of carbonyl (C=O) groups excluding carboxylic acids is 2. The van der Waals surface area contributed by atoms with Gasteiger partial charge in [0, 0.05) is 32.6 Å². The highest BCUT2D eigenvalue weighted by atomic mass is 16.7. The van der Waals surface area contributed by atoms with Crippen LogP contribution in [0.1, 0.15) is 46.0 Å². The molecule has 2 atom stereocenters. The summed E-state index contributed by atoms with van der Waals surface area (Å²) < 4.78 is 22.4. The topological polar surface area (TPSA) is 71.1 Å². The maximum Gasteiger partial charge on any atom is 0.305 e. The highest BCUT2D eigenvalue weighted by Gasteiger charge is 2.50. The van der Waals surface area contributed by atoms with Gasteiger partial charge < -0.3 is 18.9 Å². The van der Waals surface area contributed by atoms with Crippen LogP contribution in [-0.4, -0.2) is 37.0 Å². The smallest absolute Gasteiger partial charge is 0.305 e. The lowest BCUT2D eigenvalue weighted by Crippen LogP contribution is -2.54. The quantitative estimate of drug-likeness (QED) is 0.574. The Kier molecular flexibility index (Phi) is 4.12. The number of carbonyl (C=O) groups is 2. The van der Waals surface area contributed by atoms with Gasteiger partial charge in [0.15, 0.2) is 0 Å². The van der Waals surface area contributed by atoms with Crippen molar-refractivity contribution in [1.82, 2.24) is 0 Å². The zero-order chi connectivity index (χ0) is 15.7. The van der Waals surface area contributed by atoms with Gasteiger partial charge in [0.2, 0.25) is 0 Å². The van der Waals surface area contributed by atoms with Crippen LogP contribution in [0.4, 0.5) is 0 Å². The van der Waals surface area contributed by atoms with Crippen LogP contribution in [0.5, 0.6) is 0 Å². The van der Waals surface area contributed by atoms with Gasteiger partial charge in [-0.05, 0) is 24.8 Å². The van der Waals surface area contributed by atoms with Crippen LogP contribution in [0.2, 0.25) is 0 Å². The summed E-state index contributed by atoms with van der Waals surface area (Å²) in [6, 6.07) is 0. The molecule has 22 heavy (non-hydrogen) atoms. The fourth-order valence-electron chi connectivity index (χ4n) is 3.72. The van der Waals surface area contributed by atoms with Crippen LogP contribution in [0.15, 0.2) is 11.3 Å². The molecule has 2 aliphatic heterocycles. The maximum absolute atomic E-state index is 11.4. The van der Waals surface area contributed by atoms with Crippen LogP contribution in [-0.2, 0) is 28.5 Å². The maximum atomic E-state index is 11.4.